The van der Waals surface area contributed by atoms with E-state index in [2.05, 4.69) is 10.2 Å². The van der Waals surface area contributed by atoms with Crippen LogP contribution < -0.4 is 11.4 Å². The first-order chi connectivity index (χ1) is 7.22. The molecule has 1 fully saturated rings. The molecule has 0 atom stereocenters. The van der Waals surface area contributed by atoms with E-state index in [4.69, 9.17) is 5.73 Å². The van der Waals surface area contributed by atoms with Crippen LogP contribution in [0.15, 0.2) is 4.79 Å². The Balaban J connectivity index is 2.07. The maximum absolute atomic E-state index is 11.2. The number of aromatic amines is 1. The van der Waals surface area contributed by atoms with Gasteiger partial charge in [-0.3, -0.25) is 4.57 Å². The molecule has 2 rings (SSSR count). The first-order valence-corrected chi connectivity index (χ1v) is 5.53. The Kier molecular flexibility index (Phi) is 2.90. The molecule has 1 aliphatic rings. The Morgan fingerprint density at radius 2 is 2.13 bits per heavy atom. The molecule has 1 aromatic heterocycles. The SMILES string of the molecule is Cn1c(C2CCC(CN)CC2)n[nH]c1=O. The van der Waals surface area contributed by atoms with Gasteiger partial charge < -0.3 is 5.73 Å². The van der Waals surface area contributed by atoms with Gasteiger partial charge in [0.25, 0.3) is 0 Å². The van der Waals surface area contributed by atoms with Crippen LogP contribution >= 0.6 is 0 Å². The summed E-state index contributed by atoms with van der Waals surface area (Å²) in [4.78, 5) is 11.2. The van der Waals surface area contributed by atoms with E-state index in [9.17, 15) is 4.79 Å². The van der Waals surface area contributed by atoms with Gasteiger partial charge in [0.2, 0.25) is 0 Å². The second-order valence-corrected chi connectivity index (χ2v) is 4.40. The molecule has 5 nitrogen and oxygen atoms in total. The Bertz CT molecular complexity index is 373. The van der Waals surface area contributed by atoms with E-state index in [1.54, 1.807) is 11.6 Å². The molecule has 84 valence electrons. The number of hydrogen-bond donors (Lipinski definition) is 2. The van der Waals surface area contributed by atoms with Gasteiger partial charge in [0.1, 0.15) is 5.82 Å². The normalized spacial score (nSPS) is 26.8. The zero-order valence-electron chi connectivity index (χ0n) is 9.07. The van der Waals surface area contributed by atoms with E-state index >= 15 is 0 Å². The maximum atomic E-state index is 11.2. The van der Waals surface area contributed by atoms with E-state index in [1.165, 1.54) is 0 Å². The number of hydrogen-bond acceptors (Lipinski definition) is 3. The molecular weight excluding hydrogens is 192 g/mol. The summed E-state index contributed by atoms with van der Waals surface area (Å²) in [6.45, 7) is 0.784. The van der Waals surface area contributed by atoms with Gasteiger partial charge in [-0.1, -0.05) is 0 Å². The van der Waals surface area contributed by atoms with E-state index in [0.717, 1.165) is 38.1 Å². The fourth-order valence-electron chi connectivity index (χ4n) is 2.38. The lowest BCUT2D eigenvalue weighted by Gasteiger charge is -2.26. The minimum absolute atomic E-state index is 0.119. The van der Waals surface area contributed by atoms with Crippen molar-refractivity contribution in [2.24, 2.45) is 18.7 Å². The van der Waals surface area contributed by atoms with Crippen molar-refractivity contribution in [1.82, 2.24) is 14.8 Å². The topological polar surface area (TPSA) is 76.7 Å². The molecule has 15 heavy (non-hydrogen) atoms. The van der Waals surface area contributed by atoms with Crippen molar-refractivity contribution in [1.29, 1.82) is 0 Å². The summed E-state index contributed by atoms with van der Waals surface area (Å²) in [5.41, 5.74) is 5.52. The number of aromatic nitrogens is 3. The maximum Gasteiger partial charge on any atom is 0.343 e. The van der Waals surface area contributed by atoms with Crippen molar-refractivity contribution in [3.63, 3.8) is 0 Å². The fourth-order valence-corrected chi connectivity index (χ4v) is 2.38. The van der Waals surface area contributed by atoms with Gasteiger partial charge in [0, 0.05) is 13.0 Å². The molecule has 0 amide bonds. The third-order valence-corrected chi connectivity index (χ3v) is 3.46. The van der Waals surface area contributed by atoms with Crippen LogP contribution in [-0.2, 0) is 7.05 Å². The number of nitrogens with one attached hydrogen (secondary N) is 1. The van der Waals surface area contributed by atoms with Crippen molar-refractivity contribution >= 4 is 0 Å². The standard InChI is InChI=1S/C10H18N4O/c1-14-9(12-13-10(14)15)8-4-2-7(6-11)3-5-8/h7-8H,2-6,11H2,1H3,(H,13,15). The molecule has 1 saturated carbocycles. The van der Waals surface area contributed by atoms with E-state index < -0.39 is 0 Å². The highest BCUT2D eigenvalue weighted by molar-refractivity contribution is 4.98. The number of rotatable bonds is 2. The smallest absolute Gasteiger partial charge is 0.330 e. The third kappa shape index (κ3) is 1.97. The molecule has 0 unspecified atom stereocenters. The highest BCUT2D eigenvalue weighted by atomic mass is 16.1. The number of nitrogens with zero attached hydrogens (tertiary/aromatic N) is 2. The second kappa shape index (κ2) is 4.18. The summed E-state index contributed by atoms with van der Waals surface area (Å²) < 4.78 is 1.62. The van der Waals surface area contributed by atoms with Gasteiger partial charge in [-0.2, -0.15) is 5.10 Å². The van der Waals surface area contributed by atoms with E-state index in [1.807, 2.05) is 0 Å². The lowest BCUT2D eigenvalue weighted by atomic mass is 9.81. The van der Waals surface area contributed by atoms with Gasteiger partial charge in [0.05, 0.1) is 0 Å². The molecule has 0 aromatic carbocycles. The molecule has 1 heterocycles. The zero-order chi connectivity index (χ0) is 10.8. The molecule has 1 aliphatic carbocycles. The highest BCUT2D eigenvalue weighted by Gasteiger charge is 2.24. The average Bonchev–Trinajstić information content (AvgIpc) is 2.60. The Hall–Kier alpha value is -1.10. The molecule has 0 spiro atoms. The van der Waals surface area contributed by atoms with Crippen LogP contribution in [0.3, 0.4) is 0 Å². The zero-order valence-corrected chi connectivity index (χ0v) is 9.07. The molecule has 0 aliphatic heterocycles. The average molecular weight is 210 g/mol. The van der Waals surface area contributed by atoms with Crippen molar-refractivity contribution in [3.05, 3.63) is 16.3 Å². The minimum Gasteiger partial charge on any atom is -0.330 e. The lowest BCUT2D eigenvalue weighted by Crippen LogP contribution is -2.23. The Labute approximate surface area is 88.7 Å². The summed E-state index contributed by atoms with van der Waals surface area (Å²) >= 11 is 0. The van der Waals surface area contributed by atoms with Crippen LogP contribution in [0.2, 0.25) is 0 Å². The lowest BCUT2D eigenvalue weighted by molar-refractivity contribution is 0.321. The van der Waals surface area contributed by atoms with Crippen LogP contribution in [0.25, 0.3) is 0 Å². The van der Waals surface area contributed by atoms with Crippen molar-refractivity contribution in [2.45, 2.75) is 31.6 Å². The molecule has 0 saturated heterocycles. The van der Waals surface area contributed by atoms with E-state index in [0.29, 0.717) is 11.8 Å². The number of H-pyrrole nitrogens is 1. The Morgan fingerprint density at radius 1 is 1.47 bits per heavy atom. The summed E-state index contributed by atoms with van der Waals surface area (Å²) in [6, 6.07) is 0. The quantitative estimate of drug-likeness (QED) is 0.739. The minimum atomic E-state index is -0.119. The van der Waals surface area contributed by atoms with E-state index in [-0.39, 0.29) is 5.69 Å². The largest absolute Gasteiger partial charge is 0.343 e. The van der Waals surface area contributed by atoms with Crippen LogP contribution in [-0.4, -0.2) is 21.3 Å². The van der Waals surface area contributed by atoms with Crippen molar-refractivity contribution < 1.29 is 0 Å². The molecule has 5 heteroatoms. The molecule has 0 radical (unpaired) electrons. The molecule has 1 aromatic rings. The first-order valence-electron chi connectivity index (χ1n) is 5.53. The van der Waals surface area contributed by atoms with Gasteiger partial charge >= 0.3 is 5.69 Å². The van der Waals surface area contributed by atoms with Gasteiger partial charge in [-0.05, 0) is 38.1 Å². The summed E-state index contributed by atoms with van der Waals surface area (Å²) in [5.74, 6) is 1.99. The van der Waals surface area contributed by atoms with Crippen LogP contribution in [0, 0.1) is 5.92 Å². The monoisotopic (exact) mass is 210 g/mol. The van der Waals surface area contributed by atoms with Crippen molar-refractivity contribution in [2.75, 3.05) is 6.54 Å². The van der Waals surface area contributed by atoms with Crippen LogP contribution in [0.1, 0.15) is 37.4 Å². The van der Waals surface area contributed by atoms with Gasteiger partial charge in [0.15, 0.2) is 0 Å². The molecular formula is C10H18N4O. The van der Waals surface area contributed by atoms with Crippen LogP contribution in [0.5, 0.6) is 0 Å². The predicted molar refractivity (Wildman–Crippen MR) is 57.6 cm³/mol. The highest BCUT2D eigenvalue weighted by Crippen LogP contribution is 2.33. The first kappa shape index (κ1) is 10.4. The van der Waals surface area contributed by atoms with Gasteiger partial charge in [-0.25, -0.2) is 9.89 Å². The van der Waals surface area contributed by atoms with Gasteiger partial charge in [-0.15, -0.1) is 0 Å². The van der Waals surface area contributed by atoms with Crippen molar-refractivity contribution in [3.8, 4) is 0 Å². The number of nitrogens with two attached hydrogens (primary N) is 1. The Morgan fingerprint density at radius 3 is 2.60 bits per heavy atom. The predicted octanol–water partition coefficient (Wildman–Crippen LogP) is 0.341. The summed E-state index contributed by atoms with van der Waals surface area (Å²) in [6.07, 6.45) is 4.50. The second-order valence-electron chi connectivity index (χ2n) is 4.40. The van der Waals surface area contributed by atoms with Crippen LogP contribution in [0.4, 0.5) is 0 Å². The molecule has 3 N–H and O–H groups in total. The summed E-state index contributed by atoms with van der Waals surface area (Å²) in [7, 11) is 1.77. The summed E-state index contributed by atoms with van der Waals surface area (Å²) in [5, 5.41) is 6.58. The molecule has 0 bridgehead atoms. The fraction of sp³-hybridized carbons (Fsp3) is 0.800. The third-order valence-electron chi connectivity index (χ3n) is 3.46.